The van der Waals surface area contributed by atoms with E-state index in [2.05, 4.69) is 26.0 Å². The molecule has 1 aromatic carbocycles. The van der Waals surface area contributed by atoms with Crippen LogP contribution in [0.15, 0.2) is 52.2 Å². The van der Waals surface area contributed by atoms with Gasteiger partial charge in [-0.15, -0.1) is 0 Å². The number of rotatable bonds is 12. The number of nitrogens with zero attached hydrogens (tertiary/aromatic N) is 1. The molecule has 0 radical (unpaired) electrons. The molecule has 226 valence electrons. The SMILES string of the molecule is CC(C)OC(=O)[C@@H](C)NP(=O)(OC[C@H]1O[C@@H](n2ccc(=O)[nH]c2=O)[C@](Cl)(Br)[C@@H]1OC(=O)[C@H](C)N)Oc1ccccc1. The maximum absolute atomic E-state index is 13.9. The molecule has 2 heterocycles. The van der Waals surface area contributed by atoms with E-state index >= 15 is 0 Å². The first-order chi connectivity index (χ1) is 19.1. The van der Waals surface area contributed by atoms with E-state index in [9.17, 15) is 23.7 Å². The highest BCUT2D eigenvalue weighted by atomic mass is 79.9. The first-order valence-electron chi connectivity index (χ1n) is 12.4. The van der Waals surface area contributed by atoms with Crippen molar-refractivity contribution in [3.05, 3.63) is 63.4 Å². The van der Waals surface area contributed by atoms with E-state index in [0.717, 1.165) is 16.8 Å². The van der Waals surface area contributed by atoms with E-state index in [-0.39, 0.29) is 5.75 Å². The number of nitrogens with two attached hydrogens (primary N) is 1. The average Bonchev–Trinajstić information content (AvgIpc) is 3.12. The van der Waals surface area contributed by atoms with Crippen molar-refractivity contribution in [3.63, 3.8) is 0 Å². The zero-order valence-electron chi connectivity index (χ0n) is 22.5. The molecule has 1 aliphatic rings. The number of hydrogen-bond donors (Lipinski definition) is 3. The molecule has 0 aliphatic carbocycles. The standard InChI is InChI=1S/C24H31BrClN4O10P/c1-13(2)37-21(33)15(4)29-41(35,40-16-8-6-5-7-9-16)36-12-17-19(39-20(32)14(3)27)24(25,26)22(38-17)30-11-10-18(31)28-23(30)34/h5-11,13-15,17,19,22H,12,27H2,1-4H3,(H,29,35)(H,28,31,34)/t14-,15+,17+,19+,22+,24-,41?/m0/s1. The lowest BCUT2D eigenvalue weighted by molar-refractivity contribution is -0.154. The van der Waals surface area contributed by atoms with Crippen LogP contribution in [0.25, 0.3) is 0 Å². The number of benzene rings is 1. The summed E-state index contributed by atoms with van der Waals surface area (Å²) in [6, 6.07) is 6.93. The zero-order chi connectivity index (χ0) is 30.5. The third-order valence-corrected chi connectivity index (χ3v) is 8.39. The zero-order valence-corrected chi connectivity index (χ0v) is 25.8. The van der Waals surface area contributed by atoms with Crippen LogP contribution in [0, 0.1) is 0 Å². The van der Waals surface area contributed by atoms with E-state index in [1.807, 2.05) is 0 Å². The van der Waals surface area contributed by atoms with Crippen molar-refractivity contribution in [2.45, 2.75) is 68.1 Å². The fraction of sp³-hybridized carbons (Fsp3) is 0.500. The molecule has 0 saturated carbocycles. The van der Waals surface area contributed by atoms with Gasteiger partial charge in [-0.2, -0.15) is 5.09 Å². The highest BCUT2D eigenvalue weighted by molar-refractivity contribution is 9.10. The molecule has 7 atom stereocenters. The smallest absolute Gasteiger partial charge is 0.459 e. The number of nitrogens with one attached hydrogen (secondary N) is 2. The third-order valence-electron chi connectivity index (χ3n) is 5.50. The van der Waals surface area contributed by atoms with E-state index < -0.39 is 77.9 Å². The van der Waals surface area contributed by atoms with Crippen LogP contribution < -0.4 is 26.6 Å². The molecule has 2 aromatic rings. The van der Waals surface area contributed by atoms with Gasteiger partial charge in [-0.25, -0.2) is 9.36 Å². The normalized spacial score (nSPS) is 25.2. The fourth-order valence-electron chi connectivity index (χ4n) is 3.60. The van der Waals surface area contributed by atoms with Crippen LogP contribution >= 0.6 is 35.3 Å². The summed E-state index contributed by atoms with van der Waals surface area (Å²) < 4.78 is 41.0. The Morgan fingerprint density at radius 3 is 2.44 bits per heavy atom. The van der Waals surface area contributed by atoms with E-state index in [4.69, 9.17) is 40.6 Å². The maximum atomic E-state index is 13.9. The molecule has 0 bridgehead atoms. The molecule has 4 N–H and O–H groups in total. The first kappa shape index (κ1) is 33.0. The summed E-state index contributed by atoms with van der Waals surface area (Å²) in [4.78, 5) is 51.1. The summed E-state index contributed by atoms with van der Waals surface area (Å²) in [6.07, 6.45) is -3.26. The first-order valence-corrected chi connectivity index (χ1v) is 15.1. The molecule has 1 fully saturated rings. The summed E-state index contributed by atoms with van der Waals surface area (Å²) in [6.45, 7) is 5.54. The number of aromatic amines is 1. The molecule has 41 heavy (non-hydrogen) atoms. The second kappa shape index (κ2) is 13.6. The molecular formula is C24H31BrClN4O10P. The Morgan fingerprint density at radius 2 is 1.85 bits per heavy atom. The summed E-state index contributed by atoms with van der Waals surface area (Å²) in [7, 11) is -4.35. The molecule has 17 heteroatoms. The molecular weight excluding hydrogens is 651 g/mol. The number of ether oxygens (including phenoxy) is 3. The monoisotopic (exact) mass is 680 g/mol. The fourth-order valence-corrected chi connectivity index (χ4v) is 6.16. The summed E-state index contributed by atoms with van der Waals surface area (Å²) in [5.41, 5.74) is 4.15. The summed E-state index contributed by atoms with van der Waals surface area (Å²) in [5, 5.41) is 2.54. The molecule has 1 aliphatic heterocycles. The van der Waals surface area contributed by atoms with Crippen LogP contribution in [0.5, 0.6) is 5.75 Å². The Labute approximate surface area is 248 Å². The number of carbonyl (C=O) groups is 2. The largest absolute Gasteiger partial charge is 0.462 e. The minimum atomic E-state index is -4.35. The van der Waals surface area contributed by atoms with Crippen LogP contribution in [0.2, 0.25) is 0 Å². The van der Waals surface area contributed by atoms with Crippen molar-refractivity contribution >= 4 is 47.2 Å². The lowest BCUT2D eigenvalue weighted by Gasteiger charge is -2.28. The molecule has 3 rings (SSSR count). The quantitative estimate of drug-likeness (QED) is 0.168. The molecule has 0 spiro atoms. The lowest BCUT2D eigenvalue weighted by Crippen LogP contribution is -2.45. The van der Waals surface area contributed by atoms with Crippen LogP contribution in [-0.2, 0) is 32.9 Å². The van der Waals surface area contributed by atoms with Crippen molar-refractivity contribution in [1.29, 1.82) is 0 Å². The number of H-pyrrole nitrogens is 1. The predicted octanol–water partition coefficient (Wildman–Crippen LogP) is 2.16. The molecule has 1 unspecified atom stereocenters. The van der Waals surface area contributed by atoms with E-state index in [0.29, 0.717) is 0 Å². The van der Waals surface area contributed by atoms with Gasteiger partial charge in [-0.1, -0.05) is 45.7 Å². The Bertz CT molecular complexity index is 1390. The lowest BCUT2D eigenvalue weighted by atomic mass is 10.1. The molecule has 0 amide bonds. The average molecular weight is 682 g/mol. The number of hydrogen-bond acceptors (Lipinski definition) is 11. The van der Waals surface area contributed by atoms with Crippen molar-refractivity contribution < 1.29 is 37.4 Å². The van der Waals surface area contributed by atoms with Crippen molar-refractivity contribution in [2.75, 3.05) is 6.61 Å². The van der Waals surface area contributed by atoms with Crippen molar-refractivity contribution in [3.8, 4) is 5.75 Å². The van der Waals surface area contributed by atoms with Gasteiger partial charge in [0, 0.05) is 12.3 Å². The number of esters is 2. The van der Waals surface area contributed by atoms with Gasteiger partial charge < -0.3 is 24.5 Å². The summed E-state index contributed by atoms with van der Waals surface area (Å²) >= 11 is 10.0. The van der Waals surface area contributed by atoms with Gasteiger partial charge in [0.05, 0.1) is 12.7 Å². The minimum absolute atomic E-state index is 0.157. The molecule has 1 aromatic heterocycles. The van der Waals surface area contributed by atoms with Crippen LogP contribution in [-0.4, -0.2) is 62.3 Å². The number of aromatic nitrogens is 2. The topological polar surface area (TPSA) is 190 Å². The van der Waals surface area contributed by atoms with Crippen LogP contribution in [0.3, 0.4) is 0 Å². The highest BCUT2D eigenvalue weighted by Gasteiger charge is 2.58. The van der Waals surface area contributed by atoms with Gasteiger partial charge in [-0.3, -0.25) is 28.5 Å². The highest BCUT2D eigenvalue weighted by Crippen LogP contribution is 2.51. The van der Waals surface area contributed by atoms with E-state index in [1.54, 1.807) is 32.0 Å². The van der Waals surface area contributed by atoms with Crippen LogP contribution in [0.1, 0.15) is 33.9 Å². The number of alkyl halides is 2. The Hall–Kier alpha value is -2.52. The van der Waals surface area contributed by atoms with Crippen molar-refractivity contribution in [1.82, 2.24) is 14.6 Å². The van der Waals surface area contributed by atoms with Gasteiger partial charge in [0.15, 0.2) is 16.1 Å². The van der Waals surface area contributed by atoms with Crippen molar-refractivity contribution in [2.24, 2.45) is 5.73 Å². The Morgan fingerprint density at radius 1 is 1.20 bits per heavy atom. The number of halogens is 2. The van der Waals surface area contributed by atoms with Gasteiger partial charge >= 0.3 is 25.4 Å². The van der Waals surface area contributed by atoms with Crippen LogP contribution in [0.4, 0.5) is 0 Å². The van der Waals surface area contributed by atoms with Gasteiger partial charge in [0.2, 0.25) is 0 Å². The van der Waals surface area contributed by atoms with Gasteiger partial charge in [-0.05, 0) is 39.8 Å². The van der Waals surface area contributed by atoms with Gasteiger partial charge in [0.1, 0.15) is 23.9 Å². The predicted molar refractivity (Wildman–Crippen MR) is 151 cm³/mol. The molecule has 14 nitrogen and oxygen atoms in total. The van der Waals surface area contributed by atoms with E-state index in [1.165, 1.54) is 26.0 Å². The van der Waals surface area contributed by atoms with Gasteiger partial charge in [0.25, 0.3) is 5.56 Å². The third kappa shape index (κ3) is 8.51. The summed E-state index contributed by atoms with van der Waals surface area (Å²) in [5.74, 6) is -1.40. The Balaban J connectivity index is 1.92. The number of para-hydroxylation sites is 1. The second-order valence-electron chi connectivity index (χ2n) is 9.40. The maximum Gasteiger partial charge on any atom is 0.459 e. The minimum Gasteiger partial charge on any atom is -0.462 e. The number of carbonyl (C=O) groups excluding carboxylic acids is 2. The second-order valence-corrected chi connectivity index (χ2v) is 13.5. The Kier molecular flexibility index (Phi) is 11.0. The molecule has 1 saturated heterocycles.